The highest BCUT2D eigenvalue weighted by Crippen LogP contribution is 2.56. The van der Waals surface area contributed by atoms with Crippen LogP contribution in [-0.4, -0.2) is 86.1 Å². The van der Waals surface area contributed by atoms with Gasteiger partial charge in [-0.2, -0.15) is 0 Å². The number of aliphatic hydroxyl groups excluding tert-OH is 2. The molecule has 3 aliphatic rings. The number of carbonyl (C=O) groups is 2. The molecular weight excluding hydrogens is 646 g/mol. The number of amides is 2. The van der Waals surface area contributed by atoms with E-state index < -0.39 is 18.4 Å². The summed E-state index contributed by atoms with van der Waals surface area (Å²) in [5, 5.41) is 26.2. The highest BCUT2D eigenvalue weighted by atomic mass is 16.5. The Bertz CT molecular complexity index is 1800. The molecule has 12 heteroatoms. The van der Waals surface area contributed by atoms with E-state index >= 15 is 0 Å². The number of methoxy groups -OCH3 is 1. The molecule has 2 aromatic carbocycles. The summed E-state index contributed by atoms with van der Waals surface area (Å²) < 4.78 is 4.79. The van der Waals surface area contributed by atoms with Crippen molar-refractivity contribution in [1.29, 1.82) is 0 Å². The second-order valence-electron chi connectivity index (χ2n) is 14.6. The van der Waals surface area contributed by atoms with Gasteiger partial charge in [0.25, 0.3) is 0 Å². The van der Waals surface area contributed by atoms with Crippen molar-refractivity contribution in [2.75, 3.05) is 26.8 Å². The van der Waals surface area contributed by atoms with Crippen molar-refractivity contribution in [3.63, 3.8) is 0 Å². The molecule has 2 aromatic heterocycles. The third-order valence-electron chi connectivity index (χ3n) is 11.3. The third-order valence-corrected chi connectivity index (χ3v) is 11.3. The third kappa shape index (κ3) is 7.04. The Morgan fingerprint density at radius 1 is 0.902 bits per heavy atom. The summed E-state index contributed by atoms with van der Waals surface area (Å²) in [5.41, 5.74) is 6.08. The van der Waals surface area contributed by atoms with Gasteiger partial charge in [0, 0.05) is 19.0 Å². The Morgan fingerprint density at radius 3 is 2.10 bits per heavy atom. The molecule has 4 aromatic rings. The molecule has 2 amide bonds. The number of carbonyl (C=O) groups excluding carboxylic acids is 2. The van der Waals surface area contributed by atoms with E-state index in [1.165, 1.54) is 7.11 Å². The number of nitrogens with one attached hydrogen (secondary N) is 4. The van der Waals surface area contributed by atoms with Crippen LogP contribution in [0.15, 0.2) is 60.9 Å². The minimum atomic E-state index is -0.878. The maximum absolute atomic E-state index is 13.0. The number of nitrogens with zero attached hydrogens (tertiary/aromatic N) is 3. The van der Waals surface area contributed by atoms with E-state index in [2.05, 4.69) is 69.1 Å². The number of hydrogen-bond donors (Lipinski definition) is 6. The van der Waals surface area contributed by atoms with Crippen LogP contribution in [0.1, 0.15) is 69.6 Å². The fourth-order valence-electron chi connectivity index (χ4n) is 8.73. The molecule has 5 unspecified atom stereocenters. The highest BCUT2D eigenvalue weighted by molar-refractivity contribution is 5.81. The Hall–Kier alpha value is -4.52. The van der Waals surface area contributed by atoms with Crippen LogP contribution >= 0.6 is 0 Å². The van der Waals surface area contributed by atoms with E-state index in [1.54, 1.807) is 0 Å². The maximum Gasteiger partial charge on any atom is 0.407 e. The van der Waals surface area contributed by atoms with Gasteiger partial charge in [-0.05, 0) is 72.1 Å². The number of ether oxygens (including phenoxy) is 1. The summed E-state index contributed by atoms with van der Waals surface area (Å²) >= 11 is 0. The van der Waals surface area contributed by atoms with Gasteiger partial charge in [-0.25, -0.2) is 14.8 Å². The first-order valence-electron chi connectivity index (χ1n) is 18.2. The van der Waals surface area contributed by atoms with E-state index in [0.717, 1.165) is 77.4 Å². The van der Waals surface area contributed by atoms with Gasteiger partial charge in [0.2, 0.25) is 5.91 Å². The molecule has 7 rings (SSSR count). The number of imidazole rings is 2. The average Bonchev–Trinajstić information content (AvgIpc) is 4.00. The van der Waals surface area contributed by atoms with Gasteiger partial charge >= 0.3 is 6.09 Å². The van der Waals surface area contributed by atoms with Crippen LogP contribution in [0, 0.1) is 23.7 Å². The normalized spacial score (nSPS) is 24.2. The van der Waals surface area contributed by atoms with Gasteiger partial charge in [-0.15, -0.1) is 0 Å². The Labute approximate surface area is 298 Å². The average molecular weight is 696 g/mol. The zero-order valence-electron chi connectivity index (χ0n) is 29.5. The van der Waals surface area contributed by atoms with Crippen LogP contribution in [0.5, 0.6) is 0 Å². The first-order valence-corrected chi connectivity index (χ1v) is 18.2. The lowest BCUT2D eigenvalue weighted by molar-refractivity contribution is -0.127. The van der Waals surface area contributed by atoms with Gasteiger partial charge in [0.1, 0.15) is 17.9 Å². The van der Waals surface area contributed by atoms with E-state index in [4.69, 9.17) is 14.7 Å². The lowest BCUT2D eigenvalue weighted by Gasteiger charge is -2.35. The zero-order valence-corrected chi connectivity index (χ0v) is 29.5. The van der Waals surface area contributed by atoms with E-state index in [0.29, 0.717) is 18.4 Å². The molecule has 51 heavy (non-hydrogen) atoms. The molecule has 3 heterocycles. The molecule has 12 nitrogen and oxygen atoms in total. The smallest absolute Gasteiger partial charge is 0.407 e. The lowest BCUT2D eigenvalue weighted by atomic mass is 9.78. The van der Waals surface area contributed by atoms with Gasteiger partial charge in [0.15, 0.2) is 0 Å². The van der Waals surface area contributed by atoms with Crippen molar-refractivity contribution in [3.8, 4) is 33.6 Å². The number of fused-ring (bicyclic) bond motifs is 2. The van der Waals surface area contributed by atoms with Gasteiger partial charge in [-0.3, -0.25) is 9.69 Å². The van der Waals surface area contributed by atoms with Crippen molar-refractivity contribution < 1.29 is 24.5 Å². The molecule has 7 atom stereocenters. The summed E-state index contributed by atoms with van der Waals surface area (Å²) in [6.07, 6.45) is 7.33. The fraction of sp³-hybridized carbons (Fsp3) is 0.487. The molecule has 0 spiro atoms. The number of H-pyrrole nitrogens is 2. The number of hydrogen-bond acceptors (Lipinski definition) is 8. The molecule has 1 saturated heterocycles. The van der Waals surface area contributed by atoms with Crippen LogP contribution in [-0.2, 0) is 9.53 Å². The minimum Gasteiger partial charge on any atom is -0.453 e. The fourth-order valence-corrected chi connectivity index (χ4v) is 8.73. The number of rotatable bonds is 12. The predicted molar refractivity (Wildman–Crippen MR) is 193 cm³/mol. The maximum atomic E-state index is 13.0. The molecule has 2 aliphatic carbocycles. The number of likely N-dealkylation sites (tertiary alicyclic amines) is 1. The number of aliphatic hydroxyl groups is 2. The van der Waals surface area contributed by atoms with Crippen LogP contribution in [0.4, 0.5) is 4.79 Å². The summed E-state index contributed by atoms with van der Waals surface area (Å²) in [6, 6.07) is 16.2. The first-order chi connectivity index (χ1) is 24.7. The van der Waals surface area contributed by atoms with Crippen LogP contribution < -0.4 is 10.6 Å². The molecule has 0 radical (unpaired) electrons. The van der Waals surface area contributed by atoms with Crippen LogP contribution in [0.3, 0.4) is 0 Å². The number of benzene rings is 2. The van der Waals surface area contributed by atoms with E-state index in [-0.39, 0.29) is 42.9 Å². The van der Waals surface area contributed by atoms with Crippen molar-refractivity contribution in [2.45, 2.75) is 70.2 Å². The summed E-state index contributed by atoms with van der Waals surface area (Å²) in [7, 11) is 1.32. The van der Waals surface area contributed by atoms with Crippen LogP contribution in [0.2, 0.25) is 0 Å². The number of aromatic amines is 2. The topological polar surface area (TPSA) is 168 Å². The zero-order chi connectivity index (χ0) is 35.6. The summed E-state index contributed by atoms with van der Waals surface area (Å²) in [6.45, 7) is 4.86. The quantitative estimate of drug-likeness (QED) is 0.117. The Balaban J connectivity index is 1.01. The molecular formula is C39H49N7O5. The van der Waals surface area contributed by atoms with Crippen LogP contribution in [0.25, 0.3) is 33.6 Å². The SMILES string of the molecule is COC(=O)N[C@@H](C(C)C)C(O)N1CCC[C@H]1c1ncc(-c2ccc(-c3ccc(-c4cnc(C5C6CCC(C6)C5C(=O)NCCO)[nH]4)cc3)cc2)[nH]1. The van der Waals surface area contributed by atoms with E-state index in [1.807, 2.05) is 31.1 Å². The number of aromatic nitrogens is 4. The Morgan fingerprint density at radius 2 is 1.49 bits per heavy atom. The predicted octanol–water partition coefficient (Wildman–Crippen LogP) is 5.21. The molecule has 1 aliphatic heterocycles. The van der Waals surface area contributed by atoms with Gasteiger partial charge in [-0.1, -0.05) is 62.4 Å². The second-order valence-corrected chi connectivity index (χ2v) is 14.6. The highest BCUT2D eigenvalue weighted by Gasteiger charge is 2.52. The Kier molecular flexibility index (Phi) is 10.3. The first kappa shape index (κ1) is 34.9. The van der Waals surface area contributed by atoms with Gasteiger partial charge < -0.3 is 35.6 Å². The number of alkyl carbamates (subject to hydrolysis) is 1. The molecule has 2 bridgehead atoms. The standard InChI is InChI=1S/C39H49N7O5/c1-22(2)34(45-39(50)51-3)38(49)46-17-4-5-31(46)35-41-20-29(43-35)25-10-6-23(7-11-25)24-8-12-26(13-9-24)30-21-42-36(44-30)32-27-14-15-28(19-27)33(32)37(48)40-16-18-47/h6-13,20-22,27-28,31-34,38,47,49H,4-5,14-19H2,1-3H3,(H,40,48)(H,41,43)(H,42,44)(H,45,50)/t27?,28?,31-,32?,33?,34-,38?/m0/s1. The van der Waals surface area contributed by atoms with E-state index in [9.17, 15) is 19.8 Å². The molecule has 270 valence electrons. The summed E-state index contributed by atoms with van der Waals surface area (Å²) in [4.78, 5) is 43.5. The van der Waals surface area contributed by atoms with Gasteiger partial charge in [0.05, 0.1) is 55.5 Å². The lowest BCUT2D eigenvalue weighted by Crippen LogP contribution is -2.54. The molecule has 6 N–H and O–H groups in total. The van der Waals surface area contributed by atoms with Crippen molar-refractivity contribution >= 4 is 12.0 Å². The monoisotopic (exact) mass is 695 g/mol. The second kappa shape index (κ2) is 15.0. The largest absolute Gasteiger partial charge is 0.453 e. The molecule has 3 fully saturated rings. The molecule has 2 saturated carbocycles. The van der Waals surface area contributed by atoms with Crippen molar-refractivity contribution in [1.82, 2.24) is 35.5 Å². The van der Waals surface area contributed by atoms with Crippen molar-refractivity contribution in [2.24, 2.45) is 23.7 Å². The minimum absolute atomic E-state index is 0.00451. The van der Waals surface area contributed by atoms with Crippen molar-refractivity contribution in [3.05, 3.63) is 72.6 Å². The summed E-state index contributed by atoms with van der Waals surface area (Å²) in [5.74, 6) is 2.54.